The van der Waals surface area contributed by atoms with Crippen LogP contribution in [0.25, 0.3) is 0 Å². The number of ether oxygens (including phenoxy) is 1. The zero-order valence-electron chi connectivity index (χ0n) is 13.5. The van der Waals surface area contributed by atoms with Gasteiger partial charge in [0.1, 0.15) is 0 Å². The van der Waals surface area contributed by atoms with Crippen molar-refractivity contribution in [2.24, 2.45) is 5.92 Å². The van der Waals surface area contributed by atoms with E-state index in [9.17, 15) is 18.0 Å². The summed E-state index contributed by atoms with van der Waals surface area (Å²) in [6.45, 7) is 8.24. The molecule has 1 fully saturated rings. The first kappa shape index (κ1) is 19.1. The van der Waals surface area contributed by atoms with Gasteiger partial charge >= 0.3 is 6.36 Å². The number of piperazine rings is 1. The normalized spacial score (nSPS) is 15.1. The number of alkyl halides is 3. The Morgan fingerprint density at radius 1 is 1.22 bits per heavy atom. The van der Waals surface area contributed by atoms with E-state index < -0.39 is 6.36 Å². The average Bonchev–Trinajstić information content (AvgIpc) is 2.46. The molecule has 1 aliphatic rings. The quantitative estimate of drug-likeness (QED) is 0.798. The number of hydrogen-bond donors (Lipinski definition) is 0. The summed E-state index contributed by atoms with van der Waals surface area (Å²) in [5.74, 6) is 0.653. The molecule has 1 saturated heterocycles. The van der Waals surface area contributed by atoms with E-state index in [1.807, 2.05) is 0 Å². The Morgan fingerprint density at radius 3 is 2.26 bits per heavy atom. The smallest absolute Gasteiger partial charge is 0.402 e. The van der Waals surface area contributed by atoms with Crippen LogP contribution in [0.3, 0.4) is 0 Å². The van der Waals surface area contributed by atoms with E-state index in [2.05, 4.69) is 30.5 Å². The van der Waals surface area contributed by atoms with Crippen molar-refractivity contribution in [1.29, 1.82) is 0 Å². The zero-order valence-corrected chi connectivity index (χ0v) is 13.5. The number of aromatic nitrogens is 1. The SMILES string of the molecule is CC(C)C.O=CN1CCN(c2ncccc2OC(F)(F)F)CC1. The Balaban J connectivity index is 0.000000593. The van der Waals surface area contributed by atoms with E-state index >= 15 is 0 Å². The van der Waals surface area contributed by atoms with E-state index in [1.54, 1.807) is 9.80 Å². The fraction of sp³-hybridized carbons (Fsp3) is 0.600. The van der Waals surface area contributed by atoms with Gasteiger partial charge in [-0.05, 0) is 18.1 Å². The van der Waals surface area contributed by atoms with Crippen molar-refractivity contribution in [3.05, 3.63) is 18.3 Å². The number of halogens is 3. The molecule has 0 aromatic carbocycles. The van der Waals surface area contributed by atoms with Gasteiger partial charge < -0.3 is 14.5 Å². The molecule has 0 spiro atoms. The summed E-state index contributed by atoms with van der Waals surface area (Å²) in [6.07, 6.45) is -2.62. The summed E-state index contributed by atoms with van der Waals surface area (Å²) in [5, 5.41) is 0. The van der Waals surface area contributed by atoms with Crippen LogP contribution in [-0.2, 0) is 4.79 Å². The molecule has 2 rings (SSSR count). The van der Waals surface area contributed by atoms with Gasteiger partial charge in [-0.3, -0.25) is 4.79 Å². The molecule has 0 atom stereocenters. The molecule has 5 nitrogen and oxygen atoms in total. The highest BCUT2D eigenvalue weighted by Crippen LogP contribution is 2.31. The molecular weight excluding hydrogens is 311 g/mol. The van der Waals surface area contributed by atoms with E-state index in [0.29, 0.717) is 26.2 Å². The minimum Gasteiger partial charge on any atom is -0.402 e. The molecule has 130 valence electrons. The molecule has 1 aromatic rings. The van der Waals surface area contributed by atoms with E-state index in [4.69, 9.17) is 0 Å². The standard InChI is InChI=1S/C11H12F3N3O2.C4H10/c12-11(13,14)19-9-2-1-3-15-10(9)17-6-4-16(8-18)5-7-17;1-4(2)3/h1-3,8H,4-7H2;4H,1-3H3. The molecule has 1 amide bonds. The first-order valence-corrected chi connectivity index (χ1v) is 7.38. The van der Waals surface area contributed by atoms with Crippen LogP contribution in [-0.4, -0.2) is 48.8 Å². The van der Waals surface area contributed by atoms with Gasteiger partial charge in [-0.15, -0.1) is 13.2 Å². The van der Waals surface area contributed by atoms with Gasteiger partial charge in [0.05, 0.1) is 0 Å². The van der Waals surface area contributed by atoms with Gasteiger partial charge in [0.15, 0.2) is 11.6 Å². The fourth-order valence-corrected chi connectivity index (χ4v) is 1.86. The van der Waals surface area contributed by atoms with Crippen LogP contribution in [0.1, 0.15) is 20.8 Å². The number of nitrogens with zero attached hydrogens (tertiary/aromatic N) is 3. The van der Waals surface area contributed by atoms with Crippen molar-refractivity contribution in [2.75, 3.05) is 31.1 Å². The summed E-state index contributed by atoms with van der Waals surface area (Å²) in [7, 11) is 0. The molecule has 1 aromatic heterocycles. The summed E-state index contributed by atoms with van der Waals surface area (Å²) in [5.41, 5.74) is 0. The maximum Gasteiger partial charge on any atom is 0.573 e. The van der Waals surface area contributed by atoms with Crippen LogP contribution < -0.4 is 9.64 Å². The second kappa shape index (κ2) is 8.59. The summed E-state index contributed by atoms with van der Waals surface area (Å²) in [6, 6.07) is 2.61. The Hall–Kier alpha value is -1.99. The molecule has 0 unspecified atom stereocenters. The number of anilines is 1. The second-order valence-electron chi connectivity index (χ2n) is 5.73. The molecule has 8 heteroatoms. The van der Waals surface area contributed by atoms with Crippen molar-refractivity contribution in [1.82, 2.24) is 9.88 Å². The number of amides is 1. The van der Waals surface area contributed by atoms with Gasteiger partial charge in [0.25, 0.3) is 0 Å². The summed E-state index contributed by atoms with van der Waals surface area (Å²) in [4.78, 5) is 17.7. The molecule has 0 aliphatic carbocycles. The highest BCUT2D eigenvalue weighted by atomic mass is 19.4. The zero-order chi connectivity index (χ0) is 17.5. The van der Waals surface area contributed by atoms with Crippen LogP contribution in [0.5, 0.6) is 5.75 Å². The van der Waals surface area contributed by atoms with Gasteiger partial charge in [-0.2, -0.15) is 0 Å². The van der Waals surface area contributed by atoms with Crippen LogP contribution >= 0.6 is 0 Å². The number of carbonyl (C=O) groups excluding carboxylic acids is 1. The minimum absolute atomic E-state index is 0.144. The van der Waals surface area contributed by atoms with Gasteiger partial charge in [0.2, 0.25) is 6.41 Å². The number of rotatable bonds is 3. The van der Waals surface area contributed by atoms with E-state index in [1.165, 1.54) is 18.3 Å². The minimum atomic E-state index is -4.75. The molecular formula is C15H22F3N3O2. The first-order chi connectivity index (χ1) is 10.7. The molecule has 0 radical (unpaired) electrons. The molecule has 0 saturated carbocycles. The largest absolute Gasteiger partial charge is 0.573 e. The number of pyridine rings is 1. The van der Waals surface area contributed by atoms with Crippen LogP contribution in [0.4, 0.5) is 19.0 Å². The predicted octanol–water partition coefficient (Wildman–Crippen LogP) is 2.92. The molecule has 1 aliphatic heterocycles. The lowest BCUT2D eigenvalue weighted by Crippen LogP contribution is -2.46. The molecule has 2 heterocycles. The third kappa shape index (κ3) is 7.21. The van der Waals surface area contributed by atoms with E-state index in [-0.39, 0.29) is 11.6 Å². The predicted molar refractivity (Wildman–Crippen MR) is 81.3 cm³/mol. The molecule has 0 N–H and O–H groups in total. The van der Waals surface area contributed by atoms with E-state index in [0.717, 1.165) is 12.3 Å². The third-order valence-corrected chi connectivity index (χ3v) is 2.74. The van der Waals surface area contributed by atoms with Gasteiger partial charge in [0, 0.05) is 32.4 Å². The Bertz CT molecular complexity index is 484. The second-order valence-corrected chi connectivity index (χ2v) is 5.73. The Labute approximate surface area is 134 Å². The Kier molecular flexibility index (Phi) is 7.12. The Morgan fingerprint density at radius 2 is 1.78 bits per heavy atom. The lowest BCUT2D eigenvalue weighted by Gasteiger charge is -2.33. The lowest BCUT2D eigenvalue weighted by atomic mass is 10.3. The topological polar surface area (TPSA) is 45.7 Å². The molecule has 0 bridgehead atoms. The van der Waals surface area contributed by atoms with Crippen LogP contribution in [0.2, 0.25) is 0 Å². The highest BCUT2D eigenvalue weighted by molar-refractivity contribution is 5.54. The highest BCUT2D eigenvalue weighted by Gasteiger charge is 2.33. The number of hydrogen-bond acceptors (Lipinski definition) is 4. The van der Waals surface area contributed by atoms with Crippen molar-refractivity contribution in [2.45, 2.75) is 27.1 Å². The number of carbonyl (C=O) groups is 1. The summed E-state index contributed by atoms with van der Waals surface area (Å²) < 4.78 is 40.8. The van der Waals surface area contributed by atoms with Crippen molar-refractivity contribution in [3.63, 3.8) is 0 Å². The average molecular weight is 333 g/mol. The monoisotopic (exact) mass is 333 g/mol. The first-order valence-electron chi connectivity index (χ1n) is 7.38. The summed E-state index contributed by atoms with van der Waals surface area (Å²) >= 11 is 0. The lowest BCUT2D eigenvalue weighted by molar-refractivity contribution is -0.274. The maximum atomic E-state index is 12.3. The van der Waals surface area contributed by atoms with Gasteiger partial charge in [-0.1, -0.05) is 20.8 Å². The maximum absolute atomic E-state index is 12.3. The van der Waals surface area contributed by atoms with Crippen LogP contribution in [0.15, 0.2) is 18.3 Å². The third-order valence-electron chi connectivity index (χ3n) is 2.74. The van der Waals surface area contributed by atoms with Gasteiger partial charge in [-0.25, -0.2) is 4.98 Å². The van der Waals surface area contributed by atoms with Crippen molar-refractivity contribution in [3.8, 4) is 5.75 Å². The van der Waals surface area contributed by atoms with Crippen molar-refractivity contribution < 1.29 is 22.7 Å². The van der Waals surface area contributed by atoms with Crippen LogP contribution in [0, 0.1) is 5.92 Å². The fourth-order valence-electron chi connectivity index (χ4n) is 1.86. The molecule has 23 heavy (non-hydrogen) atoms. The van der Waals surface area contributed by atoms with Crippen molar-refractivity contribution >= 4 is 12.2 Å².